The van der Waals surface area contributed by atoms with E-state index in [-0.39, 0.29) is 48.1 Å². The fraction of sp³-hybridized carbons (Fsp3) is 0. The van der Waals surface area contributed by atoms with E-state index in [2.05, 4.69) is 0 Å². The third-order valence-electron chi connectivity index (χ3n) is 0.122. The smallest absolute Gasteiger partial charge is 1.00 e. The van der Waals surface area contributed by atoms with Gasteiger partial charge < -0.3 is 1.43 Å². The van der Waals surface area contributed by atoms with Gasteiger partial charge in [-0.2, -0.15) is 0 Å². The SMILES string of the molecule is O=S(O)S(=O)O.[Fe].[H-].[Na+]. The molecular weight excluding hydrogens is 207 g/mol. The van der Waals surface area contributed by atoms with Crippen molar-refractivity contribution in [2.45, 2.75) is 0 Å². The Morgan fingerprint density at radius 2 is 1.25 bits per heavy atom. The van der Waals surface area contributed by atoms with Crippen LogP contribution in [0.4, 0.5) is 0 Å². The zero-order valence-corrected chi connectivity index (χ0v) is 8.62. The first-order valence-corrected chi connectivity index (χ1v) is 3.60. The molecule has 0 spiro atoms. The second-order valence-corrected chi connectivity index (χ2v) is 3.01. The van der Waals surface area contributed by atoms with Crippen molar-refractivity contribution >= 4 is 20.2 Å². The first-order chi connectivity index (χ1) is 2.64. The predicted molar refractivity (Wildman–Crippen MR) is 22.7 cm³/mol. The maximum atomic E-state index is 9.26. The summed E-state index contributed by atoms with van der Waals surface area (Å²) in [5.74, 6) is 0. The molecule has 48 valence electrons. The van der Waals surface area contributed by atoms with Crippen LogP contribution in [0.25, 0.3) is 0 Å². The van der Waals surface area contributed by atoms with Crippen molar-refractivity contribution in [2.24, 2.45) is 0 Å². The summed E-state index contributed by atoms with van der Waals surface area (Å²) in [6, 6.07) is 0. The van der Waals surface area contributed by atoms with Crippen LogP contribution in [0.1, 0.15) is 1.43 Å². The number of hydrogen-bond acceptors (Lipinski definition) is 2. The van der Waals surface area contributed by atoms with Crippen LogP contribution < -0.4 is 29.6 Å². The third kappa shape index (κ3) is 10.7. The van der Waals surface area contributed by atoms with Crippen LogP contribution in [-0.2, 0) is 37.3 Å². The average molecular weight is 210 g/mol. The van der Waals surface area contributed by atoms with Crippen LogP contribution in [0.2, 0.25) is 0 Å². The van der Waals surface area contributed by atoms with Crippen LogP contribution >= 0.6 is 0 Å². The summed E-state index contributed by atoms with van der Waals surface area (Å²) in [5, 5.41) is 0. The Labute approximate surface area is 85.0 Å². The molecule has 8 heavy (non-hydrogen) atoms. The summed E-state index contributed by atoms with van der Waals surface area (Å²) < 4.78 is 33.6. The van der Waals surface area contributed by atoms with Gasteiger partial charge in [0.25, 0.3) is 20.2 Å². The minimum absolute atomic E-state index is 0. The molecule has 2 N–H and O–H groups in total. The van der Waals surface area contributed by atoms with Gasteiger partial charge in [-0.1, -0.05) is 0 Å². The Balaban J connectivity index is -0.0000000417. The van der Waals surface area contributed by atoms with Gasteiger partial charge in [-0.05, 0) is 0 Å². The maximum absolute atomic E-state index is 9.26. The summed E-state index contributed by atoms with van der Waals surface area (Å²) in [6.07, 6.45) is 0. The van der Waals surface area contributed by atoms with Gasteiger partial charge in [0.05, 0.1) is 0 Å². The molecule has 0 radical (unpaired) electrons. The molecule has 0 aliphatic heterocycles. The second kappa shape index (κ2) is 8.74. The van der Waals surface area contributed by atoms with Crippen molar-refractivity contribution in [3.8, 4) is 0 Å². The Kier molecular flexibility index (Phi) is 17.9. The van der Waals surface area contributed by atoms with E-state index in [4.69, 9.17) is 9.11 Å². The summed E-state index contributed by atoms with van der Waals surface area (Å²) in [5.41, 5.74) is 0. The molecule has 4 nitrogen and oxygen atoms in total. The topological polar surface area (TPSA) is 74.6 Å². The summed E-state index contributed by atoms with van der Waals surface area (Å²) in [6.45, 7) is 0. The van der Waals surface area contributed by atoms with E-state index in [0.717, 1.165) is 0 Å². The van der Waals surface area contributed by atoms with Gasteiger partial charge in [0.2, 0.25) is 0 Å². The van der Waals surface area contributed by atoms with Crippen LogP contribution in [0.5, 0.6) is 0 Å². The van der Waals surface area contributed by atoms with Crippen molar-refractivity contribution in [1.82, 2.24) is 0 Å². The van der Waals surface area contributed by atoms with Gasteiger partial charge in [0.15, 0.2) is 0 Å². The van der Waals surface area contributed by atoms with Crippen molar-refractivity contribution in [2.75, 3.05) is 0 Å². The molecule has 0 aliphatic rings. The molecule has 0 rings (SSSR count). The van der Waals surface area contributed by atoms with Gasteiger partial charge in [-0.15, -0.1) is 0 Å². The molecule has 0 bridgehead atoms. The molecular formula is H3FeNaO4S2. The monoisotopic (exact) mass is 210 g/mol. The van der Waals surface area contributed by atoms with Crippen molar-refractivity contribution < 1.29 is 65.6 Å². The number of hydrogen-bond donors (Lipinski definition) is 2. The standard InChI is InChI=1S/Fe.Na.H2O4S2.H/c;;1-5(2)6(3)4;/h;;(H,1,2)(H,3,4);/q;+1;;-1. The molecule has 0 aromatic rings. The van der Waals surface area contributed by atoms with Gasteiger partial charge >= 0.3 is 29.6 Å². The molecule has 2 unspecified atom stereocenters. The zero-order chi connectivity index (χ0) is 5.15. The molecule has 8 heteroatoms. The fourth-order valence-electron chi connectivity index (χ4n) is 0. The first-order valence-electron chi connectivity index (χ1n) is 0.865. The average Bonchev–Trinajstić information content (AvgIpc) is 1.36. The molecule has 0 aromatic heterocycles. The summed E-state index contributed by atoms with van der Waals surface area (Å²) in [4.78, 5) is 0. The van der Waals surface area contributed by atoms with E-state index >= 15 is 0 Å². The van der Waals surface area contributed by atoms with Crippen molar-refractivity contribution in [3.63, 3.8) is 0 Å². The van der Waals surface area contributed by atoms with E-state index in [1.165, 1.54) is 0 Å². The normalized spacial score (nSPS) is 14.8. The van der Waals surface area contributed by atoms with E-state index < -0.39 is 20.2 Å². The van der Waals surface area contributed by atoms with Crippen LogP contribution in [0.15, 0.2) is 0 Å². The van der Waals surface area contributed by atoms with Crippen LogP contribution in [-0.4, -0.2) is 17.5 Å². The van der Waals surface area contributed by atoms with Crippen LogP contribution in [0.3, 0.4) is 0 Å². The second-order valence-electron chi connectivity index (χ2n) is 0.434. The Morgan fingerprint density at radius 3 is 1.25 bits per heavy atom. The van der Waals surface area contributed by atoms with Gasteiger partial charge in [-0.3, -0.25) is 9.11 Å². The number of rotatable bonds is 1. The summed E-state index contributed by atoms with van der Waals surface area (Å²) in [7, 11) is -5.18. The van der Waals surface area contributed by atoms with Crippen molar-refractivity contribution in [3.05, 3.63) is 0 Å². The molecule has 0 amide bonds. The largest absolute Gasteiger partial charge is 1.00 e. The minimum Gasteiger partial charge on any atom is -1.00 e. The van der Waals surface area contributed by atoms with E-state index in [1.807, 2.05) is 0 Å². The zero-order valence-electron chi connectivity index (χ0n) is 4.88. The van der Waals surface area contributed by atoms with E-state index in [0.29, 0.717) is 0 Å². The molecule has 0 aliphatic carbocycles. The molecule has 0 aromatic carbocycles. The maximum Gasteiger partial charge on any atom is 1.00 e. The van der Waals surface area contributed by atoms with E-state index in [1.54, 1.807) is 0 Å². The Morgan fingerprint density at radius 1 is 1.12 bits per heavy atom. The summed E-state index contributed by atoms with van der Waals surface area (Å²) >= 11 is 0. The predicted octanol–water partition coefficient (Wildman–Crippen LogP) is -3.54. The molecule has 2 atom stereocenters. The molecule has 0 fully saturated rings. The minimum atomic E-state index is -2.59. The fourth-order valence-corrected chi connectivity index (χ4v) is 0. The molecule has 0 heterocycles. The van der Waals surface area contributed by atoms with Gasteiger partial charge in [-0.25, -0.2) is 8.42 Å². The van der Waals surface area contributed by atoms with Gasteiger partial charge in [0, 0.05) is 17.1 Å². The van der Waals surface area contributed by atoms with Gasteiger partial charge in [0.1, 0.15) is 0 Å². The first kappa shape index (κ1) is 16.4. The van der Waals surface area contributed by atoms with Crippen molar-refractivity contribution in [1.29, 1.82) is 0 Å². The molecule has 0 saturated carbocycles. The third-order valence-corrected chi connectivity index (χ3v) is 1.10. The van der Waals surface area contributed by atoms with Crippen LogP contribution in [0, 0.1) is 0 Å². The Bertz CT molecular complexity index is 84.6. The Hall–Kier alpha value is 1.74. The van der Waals surface area contributed by atoms with E-state index in [9.17, 15) is 8.42 Å². The quantitative estimate of drug-likeness (QED) is 0.267. The molecule has 0 saturated heterocycles.